The first kappa shape index (κ1) is 16.6. The zero-order valence-electron chi connectivity index (χ0n) is 9.85. The van der Waals surface area contributed by atoms with Crippen molar-refractivity contribution < 1.29 is 36.3 Å². The van der Waals surface area contributed by atoms with E-state index in [1.807, 2.05) is 0 Å². The Morgan fingerprint density at radius 3 is 1.94 bits per heavy atom. The zero-order chi connectivity index (χ0) is 14.7. The maximum Gasteiger partial charge on any atom is 0.463 e. The van der Waals surface area contributed by atoms with E-state index in [1.54, 1.807) is 0 Å². The van der Waals surface area contributed by atoms with Crippen molar-refractivity contribution in [2.75, 3.05) is 13.6 Å². The van der Waals surface area contributed by atoms with Crippen LogP contribution in [0.3, 0.4) is 0 Å². The molecular formula is C9H12F5NO3. The molecule has 0 aromatic carbocycles. The fourth-order valence-corrected chi connectivity index (χ4v) is 0.927. The average molecular weight is 277 g/mol. The molecular weight excluding hydrogens is 265 g/mol. The molecule has 1 amide bonds. The number of halogens is 5. The Hall–Kier alpha value is -1.41. The normalized spacial score (nSPS) is 12.5. The lowest BCUT2D eigenvalue weighted by molar-refractivity contribution is -0.274. The second kappa shape index (κ2) is 5.49. The Balaban J connectivity index is 4.67. The first-order valence-corrected chi connectivity index (χ1v) is 4.79. The highest BCUT2D eigenvalue weighted by Crippen LogP contribution is 2.36. The van der Waals surface area contributed by atoms with E-state index in [4.69, 9.17) is 0 Å². The van der Waals surface area contributed by atoms with Crippen LogP contribution < -0.4 is 0 Å². The maximum atomic E-state index is 12.6. The third kappa shape index (κ3) is 4.11. The second-order valence-electron chi connectivity index (χ2n) is 3.77. The van der Waals surface area contributed by atoms with Gasteiger partial charge in [0.25, 0.3) is 0 Å². The van der Waals surface area contributed by atoms with Crippen LogP contribution in [0.15, 0.2) is 0 Å². The van der Waals surface area contributed by atoms with Crippen LogP contribution in [0.4, 0.5) is 22.0 Å². The summed E-state index contributed by atoms with van der Waals surface area (Å²) in [6, 6.07) is 0. The van der Waals surface area contributed by atoms with Crippen molar-refractivity contribution in [3.8, 4) is 0 Å². The average Bonchev–Trinajstić information content (AvgIpc) is 2.12. The minimum atomic E-state index is -6.00. The van der Waals surface area contributed by atoms with Crippen LogP contribution in [0.2, 0.25) is 0 Å². The molecule has 0 aliphatic heterocycles. The fourth-order valence-electron chi connectivity index (χ4n) is 0.927. The molecule has 0 aliphatic carbocycles. The summed E-state index contributed by atoms with van der Waals surface area (Å²) in [6.45, 7) is 1.94. The number of hydrogen-bond donors (Lipinski definition) is 0. The Morgan fingerprint density at radius 1 is 1.17 bits per heavy atom. The molecule has 0 N–H and O–H groups in total. The van der Waals surface area contributed by atoms with Crippen molar-refractivity contribution in [3.05, 3.63) is 0 Å². The minimum absolute atomic E-state index is 0.0296. The van der Waals surface area contributed by atoms with E-state index in [0.29, 0.717) is 7.05 Å². The number of carbonyl (C=O) groups is 2. The smallest absolute Gasteiger partial charge is 0.462 e. The molecule has 0 radical (unpaired) electrons. The molecule has 0 aromatic heterocycles. The van der Waals surface area contributed by atoms with Crippen LogP contribution in [-0.2, 0) is 14.3 Å². The SMILES string of the molecule is CC(C)OC(=O)CN(C)C(=O)C(F)(F)C(F)(F)F. The Labute approximate surface area is 99.7 Å². The number of nitrogens with zero attached hydrogens (tertiary/aromatic N) is 1. The summed E-state index contributed by atoms with van der Waals surface area (Å²) >= 11 is 0. The summed E-state index contributed by atoms with van der Waals surface area (Å²) in [5.41, 5.74) is 0. The van der Waals surface area contributed by atoms with E-state index < -0.39 is 36.6 Å². The van der Waals surface area contributed by atoms with Crippen molar-refractivity contribution in [1.82, 2.24) is 4.90 Å². The number of hydrogen-bond acceptors (Lipinski definition) is 3. The highest BCUT2D eigenvalue weighted by atomic mass is 19.4. The van der Waals surface area contributed by atoms with Gasteiger partial charge in [0.15, 0.2) is 0 Å². The van der Waals surface area contributed by atoms with Gasteiger partial charge in [-0.3, -0.25) is 9.59 Å². The summed E-state index contributed by atoms with van der Waals surface area (Å²) < 4.78 is 65.4. The Kier molecular flexibility index (Phi) is 5.06. The van der Waals surface area contributed by atoms with Gasteiger partial charge in [-0.1, -0.05) is 0 Å². The third-order valence-electron chi connectivity index (χ3n) is 1.70. The number of carbonyl (C=O) groups excluding carboxylic acids is 2. The number of amides is 1. The maximum absolute atomic E-state index is 12.6. The molecule has 4 nitrogen and oxygen atoms in total. The van der Waals surface area contributed by atoms with Gasteiger partial charge in [0, 0.05) is 7.05 Å². The Bertz CT molecular complexity index is 327. The van der Waals surface area contributed by atoms with Gasteiger partial charge in [0.1, 0.15) is 6.54 Å². The number of rotatable bonds is 4. The monoisotopic (exact) mass is 277 g/mol. The largest absolute Gasteiger partial charge is 0.463 e. The number of likely N-dealkylation sites (N-methyl/N-ethyl adjacent to an activating group) is 1. The van der Waals surface area contributed by atoms with Crippen molar-refractivity contribution in [2.45, 2.75) is 32.1 Å². The summed E-state index contributed by atoms with van der Waals surface area (Å²) in [4.78, 5) is 21.9. The first-order valence-electron chi connectivity index (χ1n) is 4.79. The lowest BCUT2D eigenvalue weighted by Gasteiger charge is -2.24. The van der Waals surface area contributed by atoms with Gasteiger partial charge in [-0.2, -0.15) is 22.0 Å². The zero-order valence-corrected chi connectivity index (χ0v) is 9.85. The van der Waals surface area contributed by atoms with Crippen LogP contribution in [0.25, 0.3) is 0 Å². The number of esters is 1. The molecule has 9 heteroatoms. The molecule has 0 fully saturated rings. The molecule has 0 bridgehead atoms. The second-order valence-corrected chi connectivity index (χ2v) is 3.77. The van der Waals surface area contributed by atoms with Gasteiger partial charge in [0.2, 0.25) is 0 Å². The molecule has 0 saturated carbocycles. The van der Waals surface area contributed by atoms with Crippen molar-refractivity contribution in [1.29, 1.82) is 0 Å². The molecule has 0 spiro atoms. The summed E-state index contributed by atoms with van der Waals surface area (Å²) in [5.74, 6) is -9.10. The topological polar surface area (TPSA) is 46.6 Å². The Morgan fingerprint density at radius 2 is 1.61 bits per heavy atom. The van der Waals surface area contributed by atoms with E-state index in [1.165, 1.54) is 13.8 Å². The highest BCUT2D eigenvalue weighted by Gasteiger charge is 2.64. The third-order valence-corrected chi connectivity index (χ3v) is 1.70. The fraction of sp³-hybridized carbons (Fsp3) is 0.778. The lowest BCUT2D eigenvalue weighted by atomic mass is 10.3. The predicted octanol–water partition coefficient (Wildman–Crippen LogP) is 1.59. The standard InChI is InChI=1S/C9H12F5NO3/c1-5(2)18-6(16)4-15(3)7(17)8(10,11)9(12,13)14/h5H,4H2,1-3H3. The molecule has 0 heterocycles. The van der Waals surface area contributed by atoms with Crippen LogP contribution in [-0.4, -0.2) is 48.6 Å². The van der Waals surface area contributed by atoms with Crippen LogP contribution in [0.5, 0.6) is 0 Å². The predicted molar refractivity (Wildman–Crippen MR) is 49.9 cm³/mol. The molecule has 0 atom stereocenters. The van der Waals surface area contributed by atoms with Crippen molar-refractivity contribution >= 4 is 11.9 Å². The summed E-state index contributed by atoms with van der Waals surface area (Å²) in [7, 11) is 0.656. The quantitative estimate of drug-likeness (QED) is 0.579. The molecule has 0 aromatic rings. The van der Waals surface area contributed by atoms with E-state index in [2.05, 4.69) is 4.74 Å². The van der Waals surface area contributed by atoms with Gasteiger partial charge in [-0.25, -0.2) is 0 Å². The van der Waals surface area contributed by atoms with Crippen LogP contribution in [0.1, 0.15) is 13.8 Å². The van der Waals surface area contributed by atoms with E-state index in [9.17, 15) is 31.5 Å². The molecule has 106 valence electrons. The van der Waals surface area contributed by atoms with Crippen molar-refractivity contribution in [3.63, 3.8) is 0 Å². The molecule has 18 heavy (non-hydrogen) atoms. The van der Waals surface area contributed by atoms with Crippen LogP contribution >= 0.6 is 0 Å². The van der Waals surface area contributed by atoms with Gasteiger partial charge in [0.05, 0.1) is 6.10 Å². The molecule has 0 unspecified atom stereocenters. The van der Waals surface area contributed by atoms with Gasteiger partial charge in [-0.15, -0.1) is 0 Å². The van der Waals surface area contributed by atoms with Crippen molar-refractivity contribution in [2.24, 2.45) is 0 Å². The molecule has 0 saturated heterocycles. The van der Waals surface area contributed by atoms with Gasteiger partial charge >= 0.3 is 24.0 Å². The summed E-state index contributed by atoms with van der Waals surface area (Å²) in [5, 5.41) is 0. The van der Waals surface area contributed by atoms with Crippen LogP contribution in [0, 0.1) is 0 Å². The van der Waals surface area contributed by atoms with Gasteiger partial charge in [-0.05, 0) is 13.8 Å². The number of ether oxygens (including phenoxy) is 1. The summed E-state index contributed by atoms with van der Waals surface area (Å²) in [6.07, 6.45) is -6.57. The van der Waals surface area contributed by atoms with Gasteiger partial charge < -0.3 is 9.64 Å². The molecule has 0 rings (SSSR count). The highest BCUT2D eigenvalue weighted by molar-refractivity contribution is 5.87. The van der Waals surface area contributed by atoms with E-state index in [0.717, 1.165) is 0 Å². The van der Waals surface area contributed by atoms with E-state index >= 15 is 0 Å². The first-order chi connectivity index (χ1) is 7.89. The van der Waals surface area contributed by atoms with E-state index in [-0.39, 0.29) is 4.90 Å². The number of alkyl halides is 5. The lowest BCUT2D eigenvalue weighted by Crippen LogP contribution is -2.52. The minimum Gasteiger partial charge on any atom is -0.462 e. The molecule has 0 aliphatic rings.